The van der Waals surface area contributed by atoms with E-state index >= 15 is 0 Å². The van der Waals surface area contributed by atoms with E-state index in [1.54, 1.807) is 6.07 Å². The highest BCUT2D eigenvalue weighted by atomic mass is 16.4. The number of carbonyl (C=O) groups is 1. The van der Waals surface area contributed by atoms with Crippen molar-refractivity contribution in [2.75, 3.05) is 11.9 Å². The number of hydrogen-bond acceptors (Lipinski definition) is 4. The first-order valence-electron chi connectivity index (χ1n) is 6.13. The number of aromatic carboxylic acids is 1. The van der Waals surface area contributed by atoms with E-state index < -0.39 is 5.97 Å². The number of anilines is 1. The SMILES string of the molecule is O=C(O)c1ccc(NCC2Cc3ccccc32)nn1. The van der Waals surface area contributed by atoms with Crippen molar-refractivity contribution in [2.45, 2.75) is 12.3 Å². The molecule has 5 heteroatoms. The number of hydrogen-bond donors (Lipinski definition) is 2. The molecule has 0 aliphatic heterocycles. The van der Waals surface area contributed by atoms with E-state index in [0.717, 1.165) is 13.0 Å². The summed E-state index contributed by atoms with van der Waals surface area (Å²) < 4.78 is 0. The van der Waals surface area contributed by atoms with Crippen LogP contribution in [0.3, 0.4) is 0 Å². The van der Waals surface area contributed by atoms with Gasteiger partial charge >= 0.3 is 5.97 Å². The van der Waals surface area contributed by atoms with Crippen LogP contribution in [-0.4, -0.2) is 27.8 Å². The first kappa shape index (κ1) is 11.6. The average Bonchev–Trinajstić information content (AvgIpc) is 2.40. The van der Waals surface area contributed by atoms with Gasteiger partial charge in [0.15, 0.2) is 5.69 Å². The maximum absolute atomic E-state index is 10.6. The van der Waals surface area contributed by atoms with Crippen LogP contribution in [0.4, 0.5) is 5.82 Å². The minimum atomic E-state index is -1.06. The Morgan fingerprint density at radius 3 is 2.79 bits per heavy atom. The summed E-state index contributed by atoms with van der Waals surface area (Å²) in [5, 5.41) is 19.4. The molecule has 5 nitrogen and oxygen atoms in total. The molecule has 96 valence electrons. The molecule has 0 radical (unpaired) electrons. The number of nitrogens with zero attached hydrogens (tertiary/aromatic N) is 2. The van der Waals surface area contributed by atoms with Gasteiger partial charge in [0.2, 0.25) is 0 Å². The second-order valence-corrected chi connectivity index (χ2v) is 4.59. The van der Waals surface area contributed by atoms with E-state index in [9.17, 15) is 4.79 Å². The largest absolute Gasteiger partial charge is 0.476 e. The smallest absolute Gasteiger partial charge is 0.356 e. The number of benzene rings is 1. The number of carboxylic acid groups (broad SMARTS) is 1. The van der Waals surface area contributed by atoms with Crippen molar-refractivity contribution in [3.05, 3.63) is 53.2 Å². The molecule has 0 spiro atoms. The van der Waals surface area contributed by atoms with Crippen molar-refractivity contribution in [3.63, 3.8) is 0 Å². The lowest BCUT2D eigenvalue weighted by atomic mass is 9.78. The molecule has 19 heavy (non-hydrogen) atoms. The van der Waals surface area contributed by atoms with Crippen LogP contribution in [0.15, 0.2) is 36.4 Å². The topological polar surface area (TPSA) is 75.1 Å². The highest BCUT2D eigenvalue weighted by Crippen LogP contribution is 2.34. The molecule has 1 unspecified atom stereocenters. The van der Waals surface area contributed by atoms with Crippen molar-refractivity contribution in [3.8, 4) is 0 Å². The van der Waals surface area contributed by atoms with Gasteiger partial charge in [-0.2, -0.15) is 0 Å². The zero-order valence-corrected chi connectivity index (χ0v) is 10.2. The van der Waals surface area contributed by atoms with E-state index in [1.165, 1.54) is 17.2 Å². The van der Waals surface area contributed by atoms with Gasteiger partial charge in [-0.05, 0) is 29.7 Å². The zero-order chi connectivity index (χ0) is 13.2. The van der Waals surface area contributed by atoms with Crippen LogP contribution in [0, 0.1) is 0 Å². The molecule has 0 saturated carbocycles. The van der Waals surface area contributed by atoms with Crippen LogP contribution in [0.1, 0.15) is 27.5 Å². The third-order valence-electron chi connectivity index (χ3n) is 3.37. The molecule has 1 aliphatic carbocycles. The Labute approximate surface area is 110 Å². The number of fused-ring (bicyclic) bond motifs is 1. The van der Waals surface area contributed by atoms with Crippen molar-refractivity contribution in [2.24, 2.45) is 0 Å². The van der Waals surface area contributed by atoms with Gasteiger partial charge in [-0.15, -0.1) is 10.2 Å². The summed E-state index contributed by atoms with van der Waals surface area (Å²) in [5.41, 5.74) is 2.74. The predicted octanol–water partition coefficient (Wildman–Crippen LogP) is 1.93. The first-order valence-corrected chi connectivity index (χ1v) is 6.13. The van der Waals surface area contributed by atoms with E-state index in [4.69, 9.17) is 5.11 Å². The van der Waals surface area contributed by atoms with Crippen LogP contribution >= 0.6 is 0 Å². The van der Waals surface area contributed by atoms with Crippen molar-refractivity contribution in [1.29, 1.82) is 0 Å². The van der Waals surface area contributed by atoms with Gasteiger partial charge in [0.25, 0.3) is 0 Å². The van der Waals surface area contributed by atoms with Gasteiger partial charge in [-0.3, -0.25) is 0 Å². The molecule has 2 N–H and O–H groups in total. The number of carboxylic acids is 1. The van der Waals surface area contributed by atoms with E-state index in [-0.39, 0.29) is 5.69 Å². The van der Waals surface area contributed by atoms with Crippen LogP contribution < -0.4 is 5.32 Å². The fraction of sp³-hybridized carbons (Fsp3) is 0.214. The van der Waals surface area contributed by atoms with E-state index in [1.807, 2.05) is 6.07 Å². The van der Waals surface area contributed by atoms with Gasteiger partial charge in [-0.25, -0.2) is 4.79 Å². The number of nitrogens with one attached hydrogen (secondary N) is 1. The molecule has 0 bridgehead atoms. The standard InChI is InChI=1S/C14H13N3O2/c18-14(19)12-5-6-13(17-16-12)15-8-10-7-9-3-1-2-4-11(9)10/h1-6,10H,7-8H2,(H,15,17)(H,18,19). The first-order chi connectivity index (χ1) is 9.24. The summed E-state index contributed by atoms with van der Waals surface area (Å²) in [6.07, 6.45) is 1.07. The Balaban J connectivity index is 1.60. The predicted molar refractivity (Wildman–Crippen MR) is 70.4 cm³/mol. The fourth-order valence-corrected chi connectivity index (χ4v) is 2.31. The molecule has 2 aromatic rings. The van der Waals surface area contributed by atoms with Crippen LogP contribution in [-0.2, 0) is 6.42 Å². The highest BCUT2D eigenvalue weighted by Gasteiger charge is 2.24. The maximum Gasteiger partial charge on any atom is 0.356 e. The lowest BCUT2D eigenvalue weighted by Gasteiger charge is -2.30. The zero-order valence-electron chi connectivity index (χ0n) is 10.2. The van der Waals surface area contributed by atoms with Crippen LogP contribution in [0.2, 0.25) is 0 Å². The van der Waals surface area contributed by atoms with Crippen LogP contribution in [0.25, 0.3) is 0 Å². The van der Waals surface area contributed by atoms with Crippen molar-refractivity contribution >= 4 is 11.8 Å². The van der Waals surface area contributed by atoms with Crippen LogP contribution in [0.5, 0.6) is 0 Å². The summed E-state index contributed by atoms with van der Waals surface area (Å²) >= 11 is 0. The molecule has 0 fully saturated rings. The molecule has 1 aliphatic rings. The van der Waals surface area contributed by atoms with E-state index in [0.29, 0.717) is 11.7 Å². The minimum Gasteiger partial charge on any atom is -0.476 e. The van der Waals surface area contributed by atoms with Gasteiger partial charge in [0, 0.05) is 12.5 Å². The molecule has 1 aromatic heterocycles. The van der Waals surface area contributed by atoms with Crippen molar-refractivity contribution < 1.29 is 9.90 Å². The molecular weight excluding hydrogens is 242 g/mol. The summed E-state index contributed by atoms with van der Waals surface area (Å²) in [7, 11) is 0. The van der Waals surface area contributed by atoms with Gasteiger partial charge in [0.05, 0.1) is 0 Å². The van der Waals surface area contributed by atoms with Gasteiger partial charge in [-0.1, -0.05) is 24.3 Å². The second kappa shape index (κ2) is 4.68. The Hall–Kier alpha value is -2.43. The summed E-state index contributed by atoms with van der Waals surface area (Å²) in [4.78, 5) is 10.6. The maximum atomic E-state index is 10.6. The van der Waals surface area contributed by atoms with Gasteiger partial charge < -0.3 is 10.4 Å². The lowest BCUT2D eigenvalue weighted by Crippen LogP contribution is -2.24. The molecular formula is C14H13N3O2. The average molecular weight is 255 g/mol. The lowest BCUT2D eigenvalue weighted by molar-refractivity contribution is 0.0689. The molecule has 1 aromatic carbocycles. The molecule has 3 rings (SSSR count). The van der Waals surface area contributed by atoms with Crippen molar-refractivity contribution in [1.82, 2.24) is 10.2 Å². The quantitative estimate of drug-likeness (QED) is 0.873. The monoisotopic (exact) mass is 255 g/mol. The Kier molecular flexibility index (Phi) is 2.87. The molecule has 1 heterocycles. The molecule has 1 atom stereocenters. The summed E-state index contributed by atoms with van der Waals surface area (Å²) in [5.74, 6) is 0.0403. The summed E-state index contributed by atoms with van der Waals surface area (Å²) in [6.45, 7) is 0.790. The Bertz CT molecular complexity index is 610. The second-order valence-electron chi connectivity index (χ2n) is 4.59. The third kappa shape index (κ3) is 2.27. The summed E-state index contributed by atoms with van der Waals surface area (Å²) in [6, 6.07) is 11.5. The number of aromatic nitrogens is 2. The molecule has 0 amide bonds. The van der Waals surface area contributed by atoms with E-state index in [2.05, 4.69) is 33.7 Å². The Morgan fingerprint density at radius 2 is 2.11 bits per heavy atom. The molecule has 0 saturated heterocycles. The number of rotatable bonds is 4. The highest BCUT2D eigenvalue weighted by molar-refractivity contribution is 5.85. The normalized spacial score (nSPS) is 16.3. The third-order valence-corrected chi connectivity index (χ3v) is 3.37. The minimum absolute atomic E-state index is 0.0421. The van der Waals surface area contributed by atoms with Gasteiger partial charge in [0.1, 0.15) is 5.82 Å². The fourth-order valence-electron chi connectivity index (χ4n) is 2.31. The Morgan fingerprint density at radius 1 is 1.26 bits per heavy atom.